The second kappa shape index (κ2) is 6.09. The zero-order chi connectivity index (χ0) is 13.7. The summed E-state index contributed by atoms with van der Waals surface area (Å²) in [6.45, 7) is 4.53. The molecule has 0 radical (unpaired) electrons. The Balaban J connectivity index is 2.01. The lowest BCUT2D eigenvalue weighted by atomic mass is 10.3. The van der Waals surface area contributed by atoms with Gasteiger partial charge in [-0.3, -0.25) is 4.79 Å². The molecule has 1 amide bonds. The molecule has 0 aliphatic heterocycles. The van der Waals surface area contributed by atoms with Crippen LogP contribution in [-0.2, 0) is 6.42 Å². The SMILES string of the molecule is CCOc1ccc(NC(=O)c2ccc(CC)o2)cc1. The average molecular weight is 259 g/mol. The van der Waals surface area contributed by atoms with Gasteiger partial charge in [0.25, 0.3) is 5.91 Å². The van der Waals surface area contributed by atoms with Gasteiger partial charge in [0.15, 0.2) is 5.76 Å². The molecule has 2 aromatic rings. The molecular weight excluding hydrogens is 242 g/mol. The van der Waals surface area contributed by atoms with E-state index >= 15 is 0 Å². The number of aryl methyl sites for hydroxylation is 1. The van der Waals surface area contributed by atoms with Gasteiger partial charge in [-0.2, -0.15) is 0 Å². The molecule has 2 rings (SSSR count). The maximum atomic E-state index is 11.9. The zero-order valence-corrected chi connectivity index (χ0v) is 11.1. The molecule has 1 aromatic carbocycles. The van der Waals surface area contributed by atoms with Crippen molar-refractivity contribution in [3.05, 3.63) is 47.9 Å². The summed E-state index contributed by atoms with van der Waals surface area (Å²) < 4.78 is 10.7. The fourth-order valence-electron chi connectivity index (χ4n) is 1.68. The number of rotatable bonds is 5. The van der Waals surface area contributed by atoms with Crippen molar-refractivity contribution in [2.75, 3.05) is 11.9 Å². The van der Waals surface area contributed by atoms with Gasteiger partial charge in [0.1, 0.15) is 11.5 Å². The number of carbonyl (C=O) groups is 1. The highest BCUT2D eigenvalue weighted by atomic mass is 16.5. The fraction of sp³-hybridized carbons (Fsp3) is 0.267. The number of nitrogens with one attached hydrogen (secondary N) is 1. The monoisotopic (exact) mass is 259 g/mol. The smallest absolute Gasteiger partial charge is 0.291 e. The lowest BCUT2D eigenvalue weighted by Gasteiger charge is -2.05. The van der Waals surface area contributed by atoms with Crippen molar-refractivity contribution in [3.8, 4) is 5.75 Å². The molecule has 0 spiro atoms. The second-order valence-corrected chi connectivity index (χ2v) is 4.03. The first-order valence-electron chi connectivity index (χ1n) is 6.35. The first-order valence-corrected chi connectivity index (χ1v) is 6.35. The minimum Gasteiger partial charge on any atom is -0.494 e. The van der Waals surface area contributed by atoms with Crippen molar-refractivity contribution >= 4 is 11.6 Å². The minimum absolute atomic E-state index is 0.246. The predicted octanol–water partition coefficient (Wildman–Crippen LogP) is 3.49. The van der Waals surface area contributed by atoms with Crippen molar-refractivity contribution in [1.29, 1.82) is 0 Å². The normalized spacial score (nSPS) is 10.2. The van der Waals surface area contributed by atoms with Crippen LogP contribution in [0.5, 0.6) is 5.75 Å². The Hall–Kier alpha value is -2.23. The Bertz CT molecular complexity index is 543. The van der Waals surface area contributed by atoms with Crippen LogP contribution >= 0.6 is 0 Å². The van der Waals surface area contributed by atoms with Gasteiger partial charge in [-0.15, -0.1) is 0 Å². The molecule has 0 bridgehead atoms. The van der Waals surface area contributed by atoms with Gasteiger partial charge in [0, 0.05) is 12.1 Å². The molecule has 4 nitrogen and oxygen atoms in total. The number of benzene rings is 1. The van der Waals surface area contributed by atoms with Gasteiger partial charge in [-0.1, -0.05) is 6.92 Å². The second-order valence-electron chi connectivity index (χ2n) is 4.03. The fourth-order valence-corrected chi connectivity index (χ4v) is 1.68. The van der Waals surface area contributed by atoms with Crippen LogP contribution in [0.2, 0.25) is 0 Å². The molecule has 4 heteroatoms. The number of hydrogen-bond acceptors (Lipinski definition) is 3. The standard InChI is InChI=1S/C15H17NO3/c1-3-12-9-10-14(19-12)15(17)16-11-5-7-13(8-6-11)18-4-2/h5-10H,3-4H2,1-2H3,(H,16,17). The van der Waals surface area contributed by atoms with Gasteiger partial charge < -0.3 is 14.5 Å². The molecule has 0 unspecified atom stereocenters. The first-order chi connectivity index (χ1) is 9.22. The van der Waals surface area contributed by atoms with Gasteiger partial charge in [-0.25, -0.2) is 0 Å². The van der Waals surface area contributed by atoms with Crippen LogP contribution < -0.4 is 10.1 Å². The molecule has 0 saturated carbocycles. The van der Waals surface area contributed by atoms with Crippen molar-refractivity contribution in [1.82, 2.24) is 0 Å². The van der Waals surface area contributed by atoms with Gasteiger partial charge in [0.2, 0.25) is 0 Å². The topological polar surface area (TPSA) is 51.5 Å². The molecule has 1 aromatic heterocycles. The quantitative estimate of drug-likeness (QED) is 0.894. The van der Waals surface area contributed by atoms with Crippen LogP contribution in [0.1, 0.15) is 30.2 Å². The third-order valence-corrected chi connectivity index (χ3v) is 2.66. The minimum atomic E-state index is -0.246. The molecule has 0 fully saturated rings. The molecular formula is C15H17NO3. The Morgan fingerprint density at radius 3 is 2.47 bits per heavy atom. The van der Waals surface area contributed by atoms with E-state index in [1.807, 2.05) is 32.0 Å². The van der Waals surface area contributed by atoms with Gasteiger partial charge in [-0.05, 0) is 43.3 Å². The molecule has 0 saturated heterocycles. The summed E-state index contributed by atoms with van der Waals surface area (Å²) in [7, 11) is 0. The molecule has 100 valence electrons. The summed E-state index contributed by atoms with van der Waals surface area (Å²) in [5.74, 6) is 1.67. The van der Waals surface area contributed by atoms with Crippen molar-refractivity contribution < 1.29 is 13.9 Å². The van der Waals surface area contributed by atoms with E-state index in [1.54, 1.807) is 18.2 Å². The molecule has 0 atom stereocenters. The van der Waals surface area contributed by atoms with Crippen LogP contribution in [0.15, 0.2) is 40.8 Å². The third kappa shape index (κ3) is 3.37. The van der Waals surface area contributed by atoms with Crippen LogP contribution in [0.4, 0.5) is 5.69 Å². The Morgan fingerprint density at radius 1 is 1.16 bits per heavy atom. The van der Waals surface area contributed by atoms with Gasteiger partial charge >= 0.3 is 0 Å². The molecule has 0 aliphatic rings. The summed E-state index contributed by atoms with van der Waals surface area (Å²) in [5.41, 5.74) is 0.711. The van der Waals surface area contributed by atoms with E-state index in [9.17, 15) is 4.79 Å². The number of furan rings is 1. The van der Waals surface area contributed by atoms with Crippen molar-refractivity contribution in [2.24, 2.45) is 0 Å². The summed E-state index contributed by atoms with van der Waals surface area (Å²) in [4.78, 5) is 11.9. The van der Waals surface area contributed by atoms with E-state index in [0.29, 0.717) is 18.1 Å². The maximum Gasteiger partial charge on any atom is 0.291 e. The number of ether oxygens (including phenoxy) is 1. The maximum absolute atomic E-state index is 11.9. The predicted molar refractivity (Wildman–Crippen MR) is 73.7 cm³/mol. The summed E-state index contributed by atoms with van der Waals surface area (Å²) in [6, 6.07) is 10.7. The Labute approximate surface area is 112 Å². The number of anilines is 1. The van der Waals surface area contributed by atoms with E-state index in [4.69, 9.17) is 9.15 Å². The summed E-state index contributed by atoms with van der Waals surface area (Å²) in [6.07, 6.45) is 0.774. The number of carbonyl (C=O) groups excluding carboxylic acids is 1. The molecule has 1 N–H and O–H groups in total. The Morgan fingerprint density at radius 2 is 1.89 bits per heavy atom. The summed E-state index contributed by atoms with van der Waals surface area (Å²) in [5, 5.41) is 2.78. The van der Waals surface area contributed by atoms with Crippen LogP contribution in [0.3, 0.4) is 0 Å². The third-order valence-electron chi connectivity index (χ3n) is 2.66. The molecule has 0 aliphatic carbocycles. The number of hydrogen-bond donors (Lipinski definition) is 1. The molecule has 1 heterocycles. The lowest BCUT2D eigenvalue weighted by molar-refractivity contribution is 0.0995. The largest absolute Gasteiger partial charge is 0.494 e. The van der Waals surface area contributed by atoms with E-state index in [1.165, 1.54) is 0 Å². The lowest BCUT2D eigenvalue weighted by Crippen LogP contribution is -2.10. The average Bonchev–Trinajstić information content (AvgIpc) is 2.90. The molecule has 19 heavy (non-hydrogen) atoms. The van der Waals surface area contributed by atoms with E-state index in [-0.39, 0.29) is 5.91 Å². The van der Waals surface area contributed by atoms with Crippen LogP contribution in [0.25, 0.3) is 0 Å². The van der Waals surface area contributed by atoms with Crippen LogP contribution in [0, 0.1) is 0 Å². The summed E-state index contributed by atoms with van der Waals surface area (Å²) >= 11 is 0. The van der Waals surface area contributed by atoms with Crippen LogP contribution in [-0.4, -0.2) is 12.5 Å². The van der Waals surface area contributed by atoms with E-state index in [2.05, 4.69) is 5.32 Å². The van der Waals surface area contributed by atoms with E-state index in [0.717, 1.165) is 17.9 Å². The highest BCUT2D eigenvalue weighted by molar-refractivity contribution is 6.02. The highest BCUT2D eigenvalue weighted by Gasteiger charge is 2.10. The van der Waals surface area contributed by atoms with Crippen molar-refractivity contribution in [2.45, 2.75) is 20.3 Å². The highest BCUT2D eigenvalue weighted by Crippen LogP contribution is 2.17. The Kier molecular flexibility index (Phi) is 4.23. The number of amides is 1. The zero-order valence-electron chi connectivity index (χ0n) is 11.1. The van der Waals surface area contributed by atoms with Gasteiger partial charge in [0.05, 0.1) is 6.61 Å². The van der Waals surface area contributed by atoms with Crippen molar-refractivity contribution in [3.63, 3.8) is 0 Å². The first kappa shape index (κ1) is 13.2. The van der Waals surface area contributed by atoms with E-state index < -0.39 is 0 Å².